The van der Waals surface area contributed by atoms with Crippen LogP contribution in [-0.2, 0) is 22.3 Å². The van der Waals surface area contributed by atoms with Crippen LogP contribution in [0, 0.1) is 39.9 Å². The molecule has 1 aromatic heterocycles. The van der Waals surface area contributed by atoms with Gasteiger partial charge in [0.25, 0.3) is 17.7 Å². The predicted octanol–water partition coefficient (Wildman–Crippen LogP) is 6.05. The first-order chi connectivity index (χ1) is 29.4. The van der Waals surface area contributed by atoms with Crippen molar-refractivity contribution < 1.29 is 41.9 Å². The van der Waals surface area contributed by atoms with E-state index in [1.807, 2.05) is 56.9 Å². The van der Waals surface area contributed by atoms with E-state index < -0.39 is 52.2 Å². The number of hydrogen-bond acceptors (Lipinski definition) is 10. The summed E-state index contributed by atoms with van der Waals surface area (Å²) in [5, 5.41) is 9.14. The number of benzene rings is 2. The summed E-state index contributed by atoms with van der Waals surface area (Å²) < 4.78 is 47.1. The number of amides is 3. The number of pyridine rings is 1. The fourth-order valence-corrected chi connectivity index (χ4v) is 11.0. The Balaban J connectivity index is 0.785. The van der Waals surface area contributed by atoms with E-state index in [1.165, 1.54) is 6.07 Å². The van der Waals surface area contributed by atoms with Crippen LogP contribution in [0.2, 0.25) is 0 Å². The topological polar surface area (TPSA) is 144 Å². The lowest BCUT2D eigenvalue weighted by Gasteiger charge is -2.65. The van der Waals surface area contributed by atoms with Crippen LogP contribution in [0.25, 0.3) is 0 Å². The quantitative estimate of drug-likeness (QED) is 0.213. The lowest BCUT2D eigenvalue weighted by atomic mass is 9.49. The highest BCUT2D eigenvalue weighted by Gasteiger charge is 2.67. The summed E-state index contributed by atoms with van der Waals surface area (Å²) in [7, 11) is 0. The van der Waals surface area contributed by atoms with Crippen molar-refractivity contribution in [1.29, 1.82) is 5.26 Å². The molecule has 4 aliphatic heterocycles. The molecule has 3 aromatic rings. The maximum atomic E-state index is 13.8. The van der Waals surface area contributed by atoms with Gasteiger partial charge in [-0.2, -0.15) is 18.4 Å². The van der Waals surface area contributed by atoms with Gasteiger partial charge in [0.15, 0.2) is 11.5 Å². The van der Waals surface area contributed by atoms with Crippen molar-refractivity contribution in [2.24, 2.45) is 16.7 Å². The minimum Gasteiger partial charge on any atom is -0.488 e. The van der Waals surface area contributed by atoms with Crippen LogP contribution in [0.4, 0.5) is 18.9 Å². The van der Waals surface area contributed by atoms with Gasteiger partial charge < -0.3 is 14.5 Å². The molecule has 2 aromatic carbocycles. The molecule has 1 atom stereocenters. The molecule has 5 heterocycles. The van der Waals surface area contributed by atoms with E-state index >= 15 is 0 Å². The number of rotatable bonds is 6. The number of alkyl halides is 3. The molecule has 12 nitrogen and oxygen atoms in total. The fraction of sp³-hybridized carbons (Fsp3) is 0.468. The third-order valence-electron chi connectivity index (χ3n) is 13.8. The monoisotopic (exact) mass is 846 g/mol. The number of imide groups is 1. The third kappa shape index (κ3) is 6.81. The first kappa shape index (κ1) is 41.3. The van der Waals surface area contributed by atoms with E-state index in [1.54, 1.807) is 12.1 Å². The Kier molecular flexibility index (Phi) is 9.86. The van der Waals surface area contributed by atoms with Gasteiger partial charge in [-0.25, -0.2) is 4.98 Å². The molecular weight excluding hydrogens is 802 g/mol. The first-order valence-electron chi connectivity index (χ1n) is 21.0. The van der Waals surface area contributed by atoms with Crippen LogP contribution in [0.15, 0.2) is 48.7 Å². The van der Waals surface area contributed by atoms with E-state index in [9.17, 15) is 37.1 Å². The Morgan fingerprint density at radius 3 is 2.26 bits per heavy atom. The van der Waals surface area contributed by atoms with Crippen molar-refractivity contribution in [3.8, 4) is 23.7 Å². The number of carbonyl (C=O) groups is 5. The number of ketones is 2. The minimum absolute atomic E-state index is 0.0459. The van der Waals surface area contributed by atoms with E-state index in [4.69, 9.17) is 10.00 Å². The number of carbonyl (C=O) groups excluding carboxylic acids is 5. The van der Waals surface area contributed by atoms with Crippen molar-refractivity contribution in [3.05, 3.63) is 87.7 Å². The summed E-state index contributed by atoms with van der Waals surface area (Å²) in [6.45, 7) is 11.3. The van der Waals surface area contributed by atoms with Gasteiger partial charge >= 0.3 is 6.18 Å². The van der Waals surface area contributed by atoms with Crippen molar-refractivity contribution in [3.63, 3.8) is 0 Å². The Labute approximate surface area is 357 Å². The zero-order chi connectivity index (χ0) is 44.0. The molecule has 6 aliphatic rings. The van der Waals surface area contributed by atoms with Crippen molar-refractivity contribution in [1.82, 2.24) is 19.7 Å². The standard InChI is InChI=1S/C47H45F3N6O6/c1-45(2)43(46(3,4)44(45)62-32-18-36(47(48,49)50)37(19-51)52-20-32)55-23-28-16-26(10-13-33(28)40(55)59)8-9-27-21-53(22-27)30-24-54(25-30)29-11-14-34-35(17-29)42(61)56(41(34)60)38-15-12-31(57)6-5-7-39(38)58/h10-11,13-14,16-18,20,27,30,38,43-44H,5-7,12,15,21-25H2,1-4H3. The van der Waals surface area contributed by atoms with Gasteiger partial charge in [0.05, 0.1) is 28.9 Å². The third-order valence-corrected chi connectivity index (χ3v) is 13.8. The highest BCUT2D eigenvalue weighted by Crippen LogP contribution is 2.59. The molecule has 0 radical (unpaired) electrons. The number of nitrogens with zero attached hydrogens (tertiary/aromatic N) is 6. The largest absolute Gasteiger partial charge is 0.488 e. The molecule has 2 aliphatic carbocycles. The Bertz CT molecular complexity index is 2540. The summed E-state index contributed by atoms with van der Waals surface area (Å²) in [5.74, 6) is 5.60. The molecule has 4 fully saturated rings. The van der Waals surface area contributed by atoms with Gasteiger partial charge in [-0.05, 0) is 60.9 Å². The van der Waals surface area contributed by atoms with Crippen LogP contribution in [0.1, 0.15) is 113 Å². The maximum Gasteiger partial charge on any atom is 0.419 e. The van der Waals surface area contributed by atoms with Gasteiger partial charge in [-0.3, -0.25) is 33.8 Å². The molecule has 3 amide bonds. The van der Waals surface area contributed by atoms with E-state index in [-0.39, 0.29) is 60.0 Å². The number of nitriles is 1. The van der Waals surface area contributed by atoms with E-state index in [0.717, 1.165) is 60.2 Å². The number of halogens is 3. The van der Waals surface area contributed by atoms with Gasteiger partial charge in [-0.1, -0.05) is 39.5 Å². The smallest absolute Gasteiger partial charge is 0.419 e. The molecule has 15 heteroatoms. The second-order valence-corrected chi connectivity index (χ2v) is 18.6. The molecule has 9 rings (SSSR count). The van der Waals surface area contributed by atoms with E-state index in [2.05, 4.69) is 26.6 Å². The molecule has 0 N–H and O–H groups in total. The van der Waals surface area contributed by atoms with E-state index in [0.29, 0.717) is 36.6 Å². The molecule has 0 bridgehead atoms. The number of hydrogen-bond donors (Lipinski definition) is 0. The number of ether oxygens (including phenoxy) is 1. The normalized spacial score (nSPS) is 24.8. The van der Waals surface area contributed by atoms with Crippen molar-refractivity contribution >= 4 is 35.0 Å². The number of Topliss-reactive ketones (excluding diaryl/α,β-unsaturated/α-hetero) is 2. The highest BCUT2D eigenvalue weighted by molar-refractivity contribution is 6.23. The van der Waals surface area contributed by atoms with Gasteiger partial charge in [0.1, 0.15) is 23.7 Å². The van der Waals surface area contributed by atoms with Crippen LogP contribution in [-0.4, -0.2) is 99.4 Å². The molecule has 1 unspecified atom stereocenters. The number of likely N-dealkylation sites (tertiary alicyclic amines) is 1. The lowest BCUT2D eigenvalue weighted by molar-refractivity contribution is -0.199. The van der Waals surface area contributed by atoms with Gasteiger partial charge in [0, 0.05) is 97.6 Å². The lowest BCUT2D eigenvalue weighted by Crippen LogP contribution is -2.74. The van der Waals surface area contributed by atoms with Crippen LogP contribution < -0.4 is 9.64 Å². The Hall–Kier alpha value is -6.06. The number of fused-ring (bicyclic) bond motifs is 2. The maximum absolute atomic E-state index is 13.8. The first-order valence-corrected chi connectivity index (χ1v) is 21.0. The molecule has 2 saturated heterocycles. The summed E-state index contributed by atoms with van der Waals surface area (Å²) >= 11 is 0. The zero-order valence-electron chi connectivity index (χ0n) is 34.8. The Morgan fingerprint density at radius 1 is 0.839 bits per heavy atom. The fourth-order valence-electron chi connectivity index (χ4n) is 11.0. The average Bonchev–Trinajstić information content (AvgIpc) is 3.62. The Morgan fingerprint density at radius 2 is 1.55 bits per heavy atom. The summed E-state index contributed by atoms with van der Waals surface area (Å²) in [6.07, 6.45) is -2.88. The van der Waals surface area contributed by atoms with Crippen LogP contribution >= 0.6 is 0 Å². The molecule has 320 valence electrons. The second-order valence-electron chi connectivity index (χ2n) is 18.6. The second kappa shape index (κ2) is 14.8. The molecule has 2 saturated carbocycles. The molecule has 0 spiro atoms. The molecule has 62 heavy (non-hydrogen) atoms. The SMILES string of the molecule is CC1(C)C(Oc2cnc(C#N)c(C(F)(F)F)c2)C(C)(C)C1N1Cc2cc(C#CC3CN(C4CN(c5ccc6c(c5)C(=O)N(C5CCC(=O)CCCC5=O)C6=O)C4)C3)ccc2C1=O. The predicted molar refractivity (Wildman–Crippen MR) is 218 cm³/mol. The van der Waals surface area contributed by atoms with Gasteiger partial charge in [-0.15, -0.1) is 0 Å². The number of aromatic nitrogens is 1. The minimum atomic E-state index is -4.77. The van der Waals surface area contributed by atoms with Crippen LogP contribution in [0.3, 0.4) is 0 Å². The van der Waals surface area contributed by atoms with Crippen molar-refractivity contribution in [2.75, 3.05) is 31.1 Å². The summed E-state index contributed by atoms with van der Waals surface area (Å²) in [4.78, 5) is 76.7. The van der Waals surface area contributed by atoms with Crippen LogP contribution in [0.5, 0.6) is 5.75 Å². The van der Waals surface area contributed by atoms with Crippen molar-refractivity contribution in [2.45, 2.75) is 96.7 Å². The molecular formula is C47H45F3N6O6. The summed E-state index contributed by atoms with van der Waals surface area (Å²) in [5.41, 5.74) is 0.553. The summed E-state index contributed by atoms with van der Waals surface area (Å²) in [6, 6.07) is 12.3. The van der Waals surface area contributed by atoms with Gasteiger partial charge in [0.2, 0.25) is 0 Å². The highest BCUT2D eigenvalue weighted by atomic mass is 19.4. The number of anilines is 1. The zero-order valence-corrected chi connectivity index (χ0v) is 34.8. The average molecular weight is 847 g/mol.